The van der Waals surface area contributed by atoms with Crippen molar-refractivity contribution < 1.29 is 13.9 Å². The molecule has 3 nitrogen and oxygen atoms in total. The van der Waals surface area contributed by atoms with Gasteiger partial charge in [0.15, 0.2) is 0 Å². The summed E-state index contributed by atoms with van der Waals surface area (Å²) < 4.78 is 17.6. The molecule has 1 aromatic carbocycles. The highest BCUT2D eigenvalue weighted by atomic mass is 19.1. The van der Waals surface area contributed by atoms with E-state index in [4.69, 9.17) is 0 Å². The molecule has 0 radical (unpaired) electrons. The average Bonchev–Trinajstić information content (AvgIpc) is 2.61. The summed E-state index contributed by atoms with van der Waals surface area (Å²) in [5.41, 5.74) is 1.89. The minimum atomic E-state index is -0.299. The van der Waals surface area contributed by atoms with Gasteiger partial charge in [-0.15, -0.1) is 0 Å². The van der Waals surface area contributed by atoms with E-state index in [-0.39, 0.29) is 18.3 Å². The Morgan fingerprint density at radius 2 is 2.40 bits per heavy atom. The van der Waals surface area contributed by atoms with Crippen molar-refractivity contribution in [2.45, 2.75) is 6.42 Å². The van der Waals surface area contributed by atoms with E-state index in [2.05, 4.69) is 4.74 Å². The molecule has 1 aromatic rings. The molecule has 0 spiro atoms. The summed E-state index contributed by atoms with van der Waals surface area (Å²) in [4.78, 5) is 12.9. The number of benzene rings is 1. The molecule has 4 heteroatoms. The Morgan fingerprint density at radius 1 is 1.60 bits per heavy atom. The van der Waals surface area contributed by atoms with Crippen molar-refractivity contribution in [3.05, 3.63) is 29.6 Å². The van der Waals surface area contributed by atoms with Crippen molar-refractivity contribution in [3.8, 4) is 0 Å². The number of hydrogen-bond acceptors (Lipinski definition) is 3. The van der Waals surface area contributed by atoms with Gasteiger partial charge in [0.25, 0.3) is 0 Å². The van der Waals surface area contributed by atoms with Crippen LogP contribution >= 0.6 is 0 Å². The predicted octanol–water partition coefficient (Wildman–Crippen LogP) is 1.36. The molecule has 80 valence electrons. The first kappa shape index (κ1) is 9.96. The normalized spacial score (nSPS) is 13.9. The number of methoxy groups -OCH3 is 1. The maximum absolute atomic E-state index is 13.0. The first-order chi connectivity index (χ1) is 7.20. The molecular weight excluding hydrogens is 197 g/mol. The third-order valence-corrected chi connectivity index (χ3v) is 2.59. The van der Waals surface area contributed by atoms with Crippen LogP contribution in [0.5, 0.6) is 0 Å². The van der Waals surface area contributed by atoms with E-state index in [1.807, 2.05) is 4.90 Å². The first-order valence-electron chi connectivity index (χ1n) is 4.81. The number of anilines is 1. The number of nitrogens with zero attached hydrogens (tertiary/aromatic N) is 1. The van der Waals surface area contributed by atoms with Gasteiger partial charge in [-0.3, -0.25) is 4.79 Å². The molecule has 2 rings (SSSR count). The third-order valence-electron chi connectivity index (χ3n) is 2.59. The van der Waals surface area contributed by atoms with E-state index >= 15 is 0 Å². The number of halogens is 1. The van der Waals surface area contributed by atoms with Crippen LogP contribution in [0.2, 0.25) is 0 Å². The average molecular weight is 209 g/mol. The number of fused-ring (bicyclic) bond motifs is 1. The molecule has 0 amide bonds. The van der Waals surface area contributed by atoms with E-state index in [0.29, 0.717) is 0 Å². The van der Waals surface area contributed by atoms with Gasteiger partial charge in [-0.1, -0.05) is 6.07 Å². The largest absolute Gasteiger partial charge is 0.468 e. The topological polar surface area (TPSA) is 29.5 Å². The Balaban J connectivity index is 2.20. The molecule has 0 fully saturated rings. The summed E-state index contributed by atoms with van der Waals surface area (Å²) in [5, 5.41) is 0. The smallest absolute Gasteiger partial charge is 0.325 e. The minimum absolute atomic E-state index is 0.187. The van der Waals surface area contributed by atoms with Gasteiger partial charge >= 0.3 is 5.97 Å². The highest BCUT2D eigenvalue weighted by Crippen LogP contribution is 2.28. The Hall–Kier alpha value is -1.58. The van der Waals surface area contributed by atoms with Crippen molar-refractivity contribution in [2.75, 3.05) is 25.1 Å². The Bertz CT molecular complexity index is 392. The molecule has 0 saturated heterocycles. The van der Waals surface area contributed by atoms with Gasteiger partial charge in [0.05, 0.1) is 7.11 Å². The van der Waals surface area contributed by atoms with Gasteiger partial charge in [-0.05, 0) is 24.1 Å². The maximum atomic E-state index is 13.0. The molecule has 0 unspecified atom stereocenters. The van der Waals surface area contributed by atoms with E-state index in [1.165, 1.54) is 19.2 Å². The molecule has 0 atom stereocenters. The molecule has 0 aliphatic carbocycles. The number of carbonyl (C=O) groups is 1. The summed E-state index contributed by atoms with van der Waals surface area (Å²) in [6, 6.07) is 4.67. The van der Waals surface area contributed by atoms with E-state index in [1.54, 1.807) is 6.07 Å². The Labute approximate surface area is 87.5 Å². The van der Waals surface area contributed by atoms with Crippen LogP contribution in [-0.4, -0.2) is 26.2 Å². The fourth-order valence-corrected chi connectivity index (χ4v) is 1.80. The monoisotopic (exact) mass is 209 g/mol. The van der Waals surface area contributed by atoms with Crippen LogP contribution in [0.3, 0.4) is 0 Å². The predicted molar refractivity (Wildman–Crippen MR) is 54.3 cm³/mol. The zero-order chi connectivity index (χ0) is 10.8. The van der Waals surface area contributed by atoms with Crippen LogP contribution in [0.25, 0.3) is 0 Å². The van der Waals surface area contributed by atoms with E-state index in [9.17, 15) is 9.18 Å². The van der Waals surface area contributed by atoms with Gasteiger partial charge < -0.3 is 9.64 Å². The Morgan fingerprint density at radius 3 is 3.13 bits per heavy atom. The zero-order valence-electron chi connectivity index (χ0n) is 8.50. The van der Waals surface area contributed by atoms with E-state index < -0.39 is 0 Å². The van der Waals surface area contributed by atoms with Gasteiger partial charge in [-0.25, -0.2) is 4.39 Å². The minimum Gasteiger partial charge on any atom is -0.468 e. The van der Waals surface area contributed by atoms with Crippen LogP contribution < -0.4 is 4.90 Å². The number of rotatable bonds is 2. The molecule has 0 aromatic heterocycles. The second-order valence-corrected chi connectivity index (χ2v) is 3.52. The van der Waals surface area contributed by atoms with Crippen LogP contribution in [0.1, 0.15) is 5.56 Å². The van der Waals surface area contributed by atoms with Crippen LogP contribution in [0, 0.1) is 5.82 Å². The molecule has 1 heterocycles. The molecule has 1 aliphatic rings. The quantitative estimate of drug-likeness (QED) is 0.689. The molecule has 15 heavy (non-hydrogen) atoms. The van der Waals surface area contributed by atoms with E-state index in [0.717, 1.165) is 24.2 Å². The Kier molecular flexibility index (Phi) is 2.58. The fraction of sp³-hybridized carbons (Fsp3) is 0.364. The van der Waals surface area contributed by atoms with Crippen LogP contribution in [0.15, 0.2) is 18.2 Å². The third kappa shape index (κ3) is 1.93. The lowest BCUT2D eigenvalue weighted by Gasteiger charge is -2.17. The van der Waals surface area contributed by atoms with Crippen molar-refractivity contribution in [1.29, 1.82) is 0 Å². The second kappa shape index (κ2) is 3.88. The molecule has 1 aliphatic heterocycles. The summed E-state index contributed by atoms with van der Waals surface area (Å²) in [6.07, 6.45) is 0.854. The van der Waals surface area contributed by atoms with Gasteiger partial charge in [0.1, 0.15) is 12.4 Å². The van der Waals surface area contributed by atoms with Crippen molar-refractivity contribution in [1.82, 2.24) is 0 Å². The van der Waals surface area contributed by atoms with Crippen molar-refractivity contribution >= 4 is 11.7 Å². The molecular formula is C11H12FNO2. The summed E-state index contributed by atoms with van der Waals surface area (Å²) in [5.74, 6) is -0.572. The standard InChI is InChI=1S/C11H12FNO2/c1-15-11(14)7-13-5-4-8-2-3-9(12)6-10(8)13/h2-3,6H,4-5,7H2,1H3. The fourth-order valence-electron chi connectivity index (χ4n) is 1.80. The molecule has 0 N–H and O–H groups in total. The van der Waals surface area contributed by atoms with Gasteiger partial charge in [-0.2, -0.15) is 0 Å². The van der Waals surface area contributed by atoms with Gasteiger partial charge in [0.2, 0.25) is 0 Å². The summed E-state index contributed by atoms with van der Waals surface area (Å²) in [6.45, 7) is 0.931. The zero-order valence-corrected chi connectivity index (χ0v) is 8.50. The lowest BCUT2D eigenvalue weighted by Crippen LogP contribution is -2.28. The molecule has 0 saturated carbocycles. The highest BCUT2D eigenvalue weighted by molar-refractivity contribution is 5.77. The first-order valence-corrected chi connectivity index (χ1v) is 4.81. The number of carbonyl (C=O) groups excluding carboxylic acids is 1. The van der Waals surface area contributed by atoms with Gasteiger partial charge in [0, 0.05) is 12.2 Å². The SMILES string of the molecule is COC(=O)CN1CCc2ccc(F)cc21. The summed E-state index contributed by atoms with van der Waals surface area (Å²) in [7, 11) is 1.35. The molecule has 0 bridgehead atoms. The number of esters is 1. The maximum Gasteiger partial charge on any atom is 0.325 e. The lowest BCUT2D eigenvalue weighted by molar-refractivity contribution is -0.138. The van der Waals surface area contributed by atoms with Crippen molar-refractivity contribution in [2.24, 2.45) is 0 Å². The summed E-state index contributed by atoms with van der Waals surface area (Å²) >= 11 is 0. The van der Waals surface area contributed by atoms with Crippen LogP contribution in [-0.2, 0) is 16.0 Å². The number of ether oxygens (including phenoxy) is 1. The lowest BCUT2D eigenvalue weighted by atomic mass is 10.2. The van der Waals surface area contributed by atoms with Crippen LogP contribution in [0.4, 0.5) is 10.1 Å². The highest BCUT2D eigenvalue weighted by Gasteiger charge is 2.21. The van der Waals surface area contributed by atoms with Crippen molar-refractivity contribution in [3.63, 3.8) is 0 Å². The second-order valence-electron chi connectivity index (χ2n) is 3.52. The number of hydrogen-bond donors (Lipinski definition) is 0.